The van der Waals surface area contributed by atoms with Crippen LogP contribution >= 0.6 is 11.3 Å². The second kappa shape index (κ2) is 13.6. The summed E-state index contributed by atoms with van der Waals surface area (Å²) in [6.07, 6.45) is 4.86. The van der Waals surface area contributed by atoms with Gasteiger partial charge in [0.25, 0.3) is 23.6 Å². The monoisotopic (exact) mass is 631 g/mol. The minimum absolute atomic E-state index is 0.239. The number of amides is 4. The maximum absolute atomic E-state index is 13.1. The molecular weight excluding hydrogens is 598 g/mol. The summed E-state index contributed by atoms with van der Waals surface area (Å²) in [5.41, 5.74) is 2.49. The van der Waals surface area contributed by atoms with Crippen LogP contribution in [0.2, 0.25) is 0 Å². The Morgan fingerprint density at radius 1 is 0.800 bits per heavy atom. The molecule has 1 fully saturated rings. The summed E-state index contributed by atoms with van der Waals surface area (Å²) in [4.78, 5) is 54.0. The van der Waals surface area contributed by atoms with Crippen LogP contribution in [0.3, 0.4) is 0 Å². The fraction of sp³-hybridized carbons (Fsp3) is 0.300. The van der Waals surface area contributed by atoms with Gasteiger partial charge in [0, 0.05) is 65.9 Å². The molecule has 1 aliphatic heterocycles. The predicted octanol–water partition coefficient (Wildman–Crippen LogP) is 2.45. The van der Waals surface area contributed by atoms with Gasteiger partial charge in [-0.1, -0.05) is 0 Å². The molecule has 4 amide bonds. The number of aromatic nitrogens is 3. The van der Waals surface area contributed by atoms with Gasteiger partial charge in [0.05, 0.1) is 35.8 Å². The zero-order valence-electron chi connectivity index (χ0n) is 25.0. The number of aryl methyl sites for hydroxylation is 3. The van der Waals surface area contributed by atoms with E-state index in [4.69, 9.17) is 4.74 Å². The first kappa shape index (κ1) is 31.3. The highest BCUT2D eigenvalue weighted by Gasteiger charge is 2.20. The normalized spacial score (nSPS) is 13.2. The first-order chi connectivity index (χ1) is 21.6. The van der Waals surface area contributed by atoms with Crippen molar-refractivity contribution >= 4 is 52.0 Å². The number of carbonyl (C=O) groups excluding carboxylic acids is 4. The summed E-state index contributed by atoms with van der Waals surface area (Å²) in [6, 6.07) is 8.23. The van der Waals surface area contributed by atoms with Crippen molar-refractivity contribution in [2.75, 3.05) is 55.3 Å². The maximum atomic E-state index is 13.1. The third-order valence-corrected chi connectivity index (χ3v) is 8.21. The second-order valence-corrected chi connectivity index (χ2v) is 11.4. The molecule has 0 bridgehead atoms. The Hall–Kier alpha value is -5.17. The maximum Gasteiger partial charge on any atom is 0.272 e. The molecule has 4 N–H and O–H groups in total. The van der Waals surface area contributed by atoms with E-state index < -0.39 is 17.7 Å². The van der Waals surface area contributed by atoms with Crippen LogP contribution in [0.4, 0.5) is 17.1 Å². The standard InChI is InChI=1S/C30H33N9O5S/c1-36-16-20(12-23(36)27(40)32-5-6-39-7-9-44-10-8-39)33-28(41)24-13-21(17-37(24)2)34-29(42)25-14-22(18-38(25)3)35-30(43)26-19(15-31)4-11-45-26/h4,11-14,16-18H,5-10H2,1-3H3,(H,32,40)(H,33,41)(H,34,42)(H,35,43). The minimum atomic E-state index is -0.447. The van der Waals surface area contributed by atoms with E-state index >= 15 is 0 Å². The number of nitrogens with one attached hydrogen (secondary N) is 4. The van der Waals surface area contributed by atoms with Crippen LogP contribution < -0.4 is 21.3 Å². The van der Waals surface area contributed by atoms with Crippen LogP contribution in [0, 0.1) is 11.3 Å². The number of rotatable bonds is 10. The number of anilines is 3. The molecule has 0 spiro atoms. The lowest BCUT2D eigenvalue weighted by atomic mass is 10.2. The van der Waals surface area contributed by atoms with Crippen molar-refractivity contribution < 1.29 is 23.9 Å². The fourth-order valence-corrected chi connectivity index (χ4v) is 5.71. The number of thiophene rings is 1. The molecule has 1 saturated heterocycles. The Labute approximate surface area is 263 Å². The molecule has 234 valence electrons. The van der Waals surface area contributed by atoms with Crippen LogP contribution in [0.1, 0.15) is 46.7 Å². The van der Waals surface area contributed by atoms with E-state index in [1.165, 1.54) is 6.07 Å². The lowest BCUT2D eigenvalue weighted by Crippen LogP contribution is -2.41. The molecule has 5 heterocycles. The average molecular weight is 632 g/mol. The van der Waals surface area contributed by atoms with Crippen LogP contribution in [0.15, 0.2) is 48.2 Å². The molecule has 15 heteroatoms. The Morgan fingerprint density at radius 2 is 1.29 bits per heavy atom. The minimum Gasteiger partial charge on any atom is -0.379 e. The van der Waals surface area contributed by atoms with Gasteiger partial charge in [-0.15, -0.1) is 11.3 Å². The number of morpholine rings is 1. The number of nitrogens with zero attached hydrogens (tertiary/aromatic N) is 5. The quantitative estimate of drug-likeness (QED) is 0.209. The van der Waals surface area contributed by atoms with Crippen molar-refractivity contribution in [3.63, 3.8) is 0 Å². The molecule has 45 heavy (non-hydrogen) atoms. The molecule has 0 aromatic carbocycles. The first-order valence-electron chi connectivity index (χ1n) is 14.1. The molecule has 0 atom stereocenters. The molecule has 14 nitrogen and oxygen atoms in total. The molecule has 0 saturated carbocycles. The Balaban J connectivity index is 1.17. The van der Waals surface area contributed by atoms with Gasteiger partial charge in [-0.05, 0) is 29.6 Å². The molecule has 0 aliphatic carbocycles. The molecule has 5 rings (SSSR count). The number of ether oxygens (including phenoxy) is 1. The van der Waals surface area contributed by atoms with Gasteiger partial charge in [-0.3, -0.25) is 24.1 Å². The SMILES string of the molecule is Cn1cc(NC(=O)c2cc(NC(=O)c3cc(NC(=O)c4sccc4C#N)cn3C)cn2C)cc1C(=O)NCCN1CCOCC1. The van der Waals surface area contributed by atoms with Gasteiger partial charge < -0.3 is 39.7 Å². The second-order valence-electron chi connectivity index (χ2n) is 10.5. The summed E-state index contributed by atoms with van der Waals surface area (Å²) in [5.74, 6) is -1.54. The van der Waals surface area contributed by atoms with E-state index in [1.54, 1.807) is 77.0 Å². The van der Waals surface area contributed by atoms with Gasteiger partial charge in [0.1, 0.15) is 28.0 Å². The third-order valence-electron chi connectivity index (χ3n) is 7.30. The highest BCUT2D eigenvalue weighted by Crippen LogP contribution is 2.22. The van der Waals surface area contributed by atoms with Crippen molar-refractivity contribution in [2.45, 2.75) is 0 Å². The third kappa shape index (κ3) is 7.32. The van der Waals surface area contributed by atoms with E-state index in [-0.39, 0.29) is 27.7 Å². The van der Waals surface area contributed by atoms with Crippen molar-refractivity contribution in [3.05, 3.63) is 75.8 Å². The topological polar surface area (TPSA) is 167 Å². The summed E-state index contributed by atoms with van der Waals surface area (Å²) < 4.78 is 10.1. The summed E-state index contributed by atoms with van der Waals surface area (Å²) in [5, 5.41) is 22.1. The smallest absolute Gasteiger partial charge is 0.272 e. The summed E-state index contributed by atoms with van der Waals surface area (Å²) in [6.45, 7) is 4.31. The van der Waals surface area contributed by atoms with E-state index in [9.17, 15) is 24.4 Å². The fourth-order valence-electron chi connectivity index (χ4n) is 4.97. The zero-order chi connectivity index (χ0) is 32.1. The Bertz CT molecular complexity index is 1780. The zero-order valence-corrected chi connectivity index (χ0v) is 25.9. The molecule has 0 unspecified atom stereocenters. The number of hydrogen-bond acceptors (Lipinski definition) is 8. The highest BCUT2D eigenvalue weighted by atomic mass is 32.1. The lowest BCUT2D eigenvalue weighted by molar-refractivity contribution is 0.0383. The number of carbonyl (C=O) groups is 4. The lowest BCUT2D eigenvalue weighted by Gasteiger charge is -2.26. The molecule has 1 aliphatic rings. The molecular formula is C30H33N9O5S. The number of nitriles is 1. The van der Waals surface area contributed by atoms with Gasteiger partial charge >= 0.3 is 0 Å². The van der Waals surface area contributed by atoms with Gasteiger partial charge in [-0.2, -0.15) is 5.26 Å². The largest absolute Gasteiger partial charge is 0.379 e. The average Bonchev–Trinajstić information content (AvgIpc) is 3.80. The molecule has 4 aromatic heterocycles. The summed E-state index contributed by atoms with van der Waals surface area (Å²) >= 11 is 1.16. The van der Waals surface area contributed by atoms with Crippen LogP contribution in [-0.4, -0.2) is 81.6 Å². The molecule has 0 radical (unpaired) electrons. The van der Waals surface area contributed by atoms with Gasteiger partial charge in [0.15, 0.2) is 0 Å². The van der Waals surface area contributed by atoms with Crippen molar-refractivity contribution in [2.24, 2.45) is 21.1 Å². The Morgan fingerprint density at radius 3 is 1.80 bits per heavy atom. The van der Waals surface area contributed by atoms with Crippen LogP contribution in [-0.2, 0) is 25.9 Å². The van der Waals surface area contributed by atoms with Gasteiger partial charge in [0.2, 0.25) is 0 Å². The van der Waals surface area contributed by atoms with E-state index in [0.29, 0.717) is 42.5 Å². The summed E-state index contributed by atoms with van der Waals surface area (Å²) in [7, 11) is 5.08. The van der Waals surface area contributed by atoms with Crippen molar-refractivity contribution in [1.82, 2.24) is 23.9 Å². The van der Waals surface area contributed by atoms with Crippen molar-refractivity contribution in [3.8, 4) is 6.07 Å². The Kier molecular flexibility index (Phi) is 9.48. The van der Waals surface area contributed by atoms with Crippen LogP contribution in [0.5, 0.6) is 0 Å². The van der Waals surface area contributed by atoms with E-state index in [2.05, 4.69) is 26.2 Å². The van der Waals surface area contributed by atoms with Crippen molar-refractivity contribution in [1.29, 1.82) is 5.26 Å². The van der Waals surface area contributed by atoms with Gasteiger partial charge in [-0.25, -0.2) is 0 Å². The molecule has 4 aromatic rings. The van der Waals surface area contributed by atoms with Crippen LogP contribution in [0.25, 0.3) is 0 Å². The first-order valence-corrected chi connectivity index (χ1v) is 15.0. The van der Waals surface area contributed by atoms with E-state index in [0.717, 1.165) is 31.0 Å². The predicted molar refractivity (Wildman–Crippen MR) is 169 cm³/mol. The van der Waals surface area contributed by atoms with E-state index in [1.807, 2.05) is 6.07 Å². The highest BCUT2D eigenvalue weighted by molar-refractivity contribution is 7.12. The number of hydrogen-bond donors (Lipinski definition) is 4.